The molecular weight excluding hydrogens is 392 g/mol. The quantitative estimate of drug-likeness (QED) is 0.417. The highest BCUT2D eigenvalue weighted by Gasteiger charge is 2.20. The topological polar surface area (TPSA) is 17.1 Å². The largest absolute Gasteiger partial charge is 0.294 e. The van der Waals surface area contributed by atoms with E-state index >= 15 is 0 Å². The lowest BCUT2D eigenvalue weighted by Crippen LogP contribution is -2.07. The molecule has 0 saturated carbocycles. The van der Waals surface area contributed by atoms with Crippen molar-refractivity contribution >= 4 is 65.3 Å². The Hall–Kier alpha value is -1.45. The van der Waals surface area contributed by atoms with Crippen LogP contribution in [0.25, 0.3) is 27.6 Å². The van der Waals surface area contributed by atoms with Gasteiger partial charge in [-0.15, -0.1) is 0 Å². The summed E-state index contributed by atoms with van der Waals surface area (Å²) in [7, 11) is 0. The highest BCUT2D eigenvalue weighted by atomic mass is 79.9. The normalized spacial score (nSPS) is 14.4. The number of fused-ring (bicyclic) bond motifs is 4. The number of carbonyl (C=O) groups is 1. The lowest BCUT2D eigenvalue weighted by molar-refractivity contribution is 0.0995. The van der Waals surface area contributed by atoms with E-state index in [2.05, 4.69) is 62.2 Å². The van der Waals surface area contributed by atoms with Gasteiger partial charge in [-0.25, -0.2) is 0 Å². The molecule has 0 radical (unpaired) electrons. The Balaban J connectivity index is 2.13. The fourth-order valence-corrected chi connectivity index (χ4v) is 3.83. The van der Waals surface area contributed by atoms with Crippen molar-refractivity contribution in [1.29, 1.82) is 0 Å². The van der Waals surface area contributed by atoms with Gasteiger partial charge in [-0.2, -0.15) is 0 Å². The first-order valence-electron chi connectivity index (χ1n) is 6.67. The van der Waals surface area contributed by atoms with Crippen LogP contribution in [-0.4, -0.2) is 5.78 Å². The van der Waals surface area contributed by atoms with E-state index in [1.807, 2.05) is 18.2 Å². The molecule has 3 aromatic carbocycles. The maximum absolute atomic E-state index is 12.4. The molecule has 0 bridgehead atoms. The molecule has 0 heterocycles. The van der Waals surface area contributed by atoms with Crippen molar-refractivity contribution in [2.24, 2.45) is 0 Å². The summed E-state index contributed by atoms with van der Waals surface area (Å²) in [5.74, 6) is 0.182. The minimum Gasteiger partial charge on any atom is -0.294 e. The average Bonchev–Trinajstić information content (AvgIpc) is 2.44. The van der Waals surface area contributed by atoms with Crippen LogP contribution in [0.4, 0.5) is 0 Å². The van der Waals surface area contributed by atoms with Crippen molar-refractivity contribution in [2.45, 2.75) is 6.42 Å². The van der Waals surface area contributed by atoms with E-state index in [9.17, 15) is 4.79 Å². The van der Waals surface area contributed by atoms with Gasteiger partial charge in [-0.1, -0.05) is 50.1 Å². The molecule has 3 aromatic rings. The van der Waals surface area contributed by atoms with Crippen molar-refractivity contribution in [3.8, 4) is 0 Å². The summed E-state index contributed by atoms with van der Waals surface area (Å²) < 4.78 is 2.01. The summed E-state index contributed by atoms with van der Waals surface area (Å²) in [6.07, 6.45) is 2.49. The van der Waals surface area contributed by atoms with Gasteiger partial charge >= 0.3 is 0 Å². The second kappa shape index (κ2) is 4.79. The van der Waals surface area contributed by atoms with E-state index in [1.54, 1.807) is 0 Å². The van der Waals surface area contributed by atoms with Gasteiger partial charge in [-0.3, -0.25) is 4.79 Å². The molecule has 0 N–H and O–H groups in total. The van der Waals surface area contributed by atoms with Gasteiger partial charge in [0.2, 0.25) is 0 Å². The Morgan fingerprint density at radius 3 is 2.52 bits per heavy atom. The van der Waals surface area contributed by atoms with E-state index in [0.717, 1.165) is 36.2 Å². The summed E-state index contributed by atoms with van der Waals surface area (Å²) in [4.78, 5) is 12.4. The van der Waals surface area contributed by atoms with Crippen molar-refractivity contribution in [2.75, 3.05) is 0 Å². The molecule has 0 fully saturated rings. The van der Waals surface area contributed by atoms with Crippen LogP contribution in [0.1, 0.15) is 22.3 Å². The summed E-state index contributed by atoms with van der Waals surface area (Å²) in [5, 5.41) is 4.49. The maximum Gasteiger partial charge on any atom is 0.168 e. The van der Waals surface area contributed by atoms with Crippen LogP contribution < -0.4 is 0 Å². The molecule has 1 nitrogen and oxygen atoms in total. The zero-order valence-electron chi connectivity index (χ0n) is 11.0. The Morgan fingerprint density at radius 1 is 0.857 bits per heavy atom. The Bertz CT molecular complexity index is 954. The van der Waals surface area contributed by atoms with Crippen molar-refractivity contribution in [3.05, 3.63) is 62.5 Å². The number of hydrogen-bond acceptors (Lipinski definition) is 1. The van der Waals surface area contributed by atoms with E-state index in [4.69, 9.17) is 0 Å². The van der Waals surface area contributed by atoms with Gasteiger partial charge in [-0.05, 0) is 57.4 Å². The third kappa shape index (κ3) is 2.16. The lowest BCUT2D eigenvalue weighted by Gasteiger charge is -2.15. The number of ketones is 1. The molecule has 4 rings (SSSR count). The Kier molecular flexibility index (Phi) is 3.02. The third-order valence-corrected chi connectivity index (χ3v) is 4.89. The first kappa shape index (κ1) is 13.2. The fraction of sp³-hybridized carbons (Fsp3) is 0.0556. The predicted octanol–water partition coefficient (Wildman–Crippen LogP) is 6.08. The van der Waals surface area contributed by atoms with Crippen molar-refractivity contribution in [3.63, 3.8) is 0 Å². The van der Waals surface area contributed by atoms with Crippen LogP contribution in [0.2, 0.25) is 0 Å². The fourth-order valence-electron chi connectivity index (χ4n) is 2.95. The van der Waals surface area contributed by atoms with Crippen LogP contribution in [0.15, 0.2) is 51.4 Å². The van der Waals surface area contributed by atoms with Gasteiger partial charge in [0.1, 0.15) is 0 Å². The third-order valence-electron chi connectivity index (χ3n) is 3.89. The summed E-state index contributed by atoms with van der Waals surface area (Å²) >= 11 is 6.95. The van der Waals surface area contributed by atoms with Crippen LogP contribution in [0, 0.1) is 0 Å². The molecule has 21 heavy (non-hydrogen) atoms. The smallest absolute Gasteiger partial charge is 0.168 e. The first-order valence-corrected chi connectivity index (χ1v) is 8.26. The van der Waals surface area contributed by atoms with E-state index in [-0.39, 0.29) is 5.78 Å². The molecule has 0 aromatic heterocycles. The monoisotopic (exact) mass is 400 g/mol. The van der Waals surface area contributed by atoms with Crippen LogP contribution in [0.5, 0.6) is 0 Å². The Morgan fingerprint density at radius 2 is 1.67 bits per heavy atom. The van der Waals surface area contributed by atoms with E-state index in [1.165, 1.54) is 5.39 Å². The number of hydrogen-bond donors (Lipinski definition) is 0. The zero-order valence-corrected chi connectivity index (χ0v) is 14.2. The van der Waals surface area contributed by atoms with E-state index < -0.39 is 0 Å². The first-order chi connectivity index (χ1) is 10.1. The number of rotatable bonds is 0. The summed E-state index contributed by atoms with van der Waals surface area (Å²) in [6, 6.07) is 14.6. The van der Waals surface area contributed by atoms with Gasteiger partial charge in [0.15, 0.2) is 5.78 Å². The molecule has 0 saturated heterocycles. The molecule has 0 aliphatic heterocycles. The van der Waals surface area contributed by atoms with Gasteiger partial charge in [0, 0.05) is 20.9 Å². The number of halogens is 2. The number of allylic oxidation sites excluding steroid dienone is 1. The van der Waals surface area contributed by atoms with Gasteiger partial charge in [0.25, 0.3) is 0 Å². The number of benzene rings is 3. The highest BCUT2D eigenvalue weighted by molar-refractivity contribution is 9.11. The molecule has 0 spiro atoms. The molecule has 1 aliphatic rings. The number of carbonyl (C=O) groups excluding carboxylic acids is 1. The maximum atomic E-state index is 12.4. The minimum atomic E-state index is 0.182. The average molecular weight is 402 g/mol. The molecule has 3 heteroatoms. The lowest BCUT2D eigenvalue weighted by atomic mass is 9.89. The molecule has 0 amide bonds. The van der Waals surface area contributed by atoms with Crippen molar-refractivity contribution < 1.29 is 4.79 Å². The van der Waals surface area contributed by atoms with Crippen LogP contribution in [-0.2, 0) is 0 Å². The predicted molar refractivity (Wildman–Crippen MR) is 95.0 cm³/mol. The van der Waals surface area contributed by atoms with Gasteiger partial charge in [0.05, 0.1) is 0 Å². The summed E-state index contributed by atoms with van der Waals surface area (Å²) in [5.41, 5.74) is 1.85. The van der Waals surface area contributed by atoms with Crippen molar-refractivity contribution in [1.82, 2.24) is 0 Å². The second-order valence-electron chi connectivity index (χ2n) is 5.29. The molecule has 0 unspecified atom stereocenters. The zero-order chi connectivity index (χ0) is 14.6. The SMILES string of the molecule is O=C1CC(Br)=Cc2ccc3cc4cc(Br)ccc4cc3c21. The number of Topliss-reactive ketones (excluding diaryl/α,β-unsaturated/α-hetero) is 1. The van der Waals surface area contributed by atoms with Crippen LogP contribution in [0.3, 0.4) is 0 Å². The minimum absolute atomic E-state index is 0.182. The van der Waals surface area contributed by atoms with Gasteiger partial charge < -0.3 is 0 Å². The molecular formula is C18H10Br2O. The summed E-state index contributed by atoms with van der Waals surface area (Å²) in [6.45, 7) is 0. The standard InChI is InChI=1S/C18H10Br2O/c19-14-4-3-10-8-16-11(5-13(10)7-14)1-2-12-6-15(20)9-17(21)18(12)16/h1-8H,9H2. The molecule has 102 valence electrons. The van der Waals surface area contributed by atoms with E-state index in [0.29, 0.717) is 6.42 Å². The Labute approximate surface area is 138 Å². The second-order valence-corrected chi connectivity index (χ2v) is 7.22. The van der Waals surface area contributed by atoms with Crippen LogP contribution >= 0.6 is 31.9 Å². The molecule has 0 atom stereocenters. The molecule has 1 aliphatic carbocycles. The highest BCUT2D eigenvalue weighted by Crippen LogP contribution is 2.34.